The number of aryl methyl sites for hydroxylation is 1. The number of aromatic nitrogens is 7. The highest BCUT2D eigenvalue weighted by atomic mass is 16.2. The van der Waals surface area contributed by atoms with Gasteiger partial charge in [-0.1, -0.05) is 12.1 Å². The molecule has 4 aromatic heterocycles. The Bertz CT molecular complexity index is 1360. The van der Waals surface area contributed by atoms with Gasteiger partial charge >= 0.3 is 0 Å². The average Bonchev–Trinajstić information content (AvgIpc) is 3.48. The van der Waals surface area contributed by atoms with Crippen molar-refractivity contribution in [3.05, 3.63) is 54.9 Å². The molecule has 10 heteroatoms. The van der Waals surface area contributed by atoms with Crippen LogP contribution < -0.4 is 11.1 Å². The smallest absolute Gasteiger partial charge is 0.287 e. The first kappa shape index (κ1) is 17.9. The molecule has 5 aromatic rings. The largest absolute Gasteiger partial charge is 0.382 e. The number of amides is 1. The zero-order chi connectivity index (χ0) is 20.7. The van der Waals surface area contributed by atoms with Gasteiger partial charge in [0.2, 0.25) is 0 Å². The lowest BCUT2D eigenvalue weighted by atomic mass is 10.1. The highest BCUT2D eigenvalue weighted by Gasteiger charge is 2.13. The van der Waals surface area contributed by atoms with E-state index in [-0.39, 0.29) is 5.91 Å². The number of hydrogen-bond donors (Lipinski definition) is 3. The minimum Gasteiger partial charge on any atom is -0.382 e. The van der Waals surface area contributed by atoms with Gasteiger partial charge < -0.3 is 15.6 Å². The van der Waals surface area contributed by atoms with Gasteiger partial charge in [-0.3, -0.25) is 14.6 Å². The molecule has 0 fully saturated rings. The van der Waals surface area contributed by atoms with Crippen molar-refractivity contribution in [2.75, 3.05) is 12.3 Å². The van der Waals surface area contributed by atoms with Crippen molar-refractivity contribution in [3.8, 4) is 11.3 Å². The van der Waals surface area contributed by atoms with Crippen molar-refractivity contribution < 1.29 is 4.79 Å². The zero-order valence-electron chi connectivity index (χ0n) is 16.2. The van der Waals surface area contributed by atoms with Gasteiger partial charge in [0.15, 0.2) is 11.6 Å². The fourth-order valence-electron chi connectivity index (χ4n) is 3.49. The van der Waals surface area contributed by atoms with E-state index in [1.807, 2.05) is 30.5 Å². The molecule has 0 radical (unpaired) electrons. The van der Waals surface area contributed by atoms with Gasteiger partial charge in [0.05, 0.1) is 17.8 Å². The lowest BCUT2D eigenvalue weighted by Crippen LogP contribution is -2.29. The Morgan fingerprint density at radius 3 is 2.90 bits per heavy atom. The number of fused-ring (bicyclic) bond motifs is 3. The van der Waals surface area contributed by atoms with Crippen LogP contribution in [0.1, 0.15) is 10.6 Å². The van der Waals surface area contributed by atoms with Crippen LogP contribution in [0.25, 0.3) is 33.1 Å². The highest BCUT2D eigenvalue weighted by Crippen LogP contribution is 2.29. The number of anilines is 1. The molecule has 1 aromatic carbocycles. The lowest BCUT2D eigenvalue weighted by molar-refractivity contribution is 0.0938. The summed E-state index contributed by atoms with van der Waals surface area (Å²) in [5, 5.41) is 16.2. The summed E-state index contributed by atoms with van der Waals surface area (Å²) in [5.41, 5.74) is 9.50. The van der Waals surface area contributed by atoms with Crippen LogP contribution in [0.4, 0.5) is 5.82 Å². The molecule has 0 spiro atoms. The van der Waals surface area contributed by atoms with Gasteiger partial charge in [0.25, 0.3) is 5.91 Å². The molecule has 4 N–H and O–H groups in total. The minimum atomic E-state index is -0.225. The van der Waals surface area contributed by atoms with E-state index in [4.69, 9.17) is 5.73 Å². The number of carbonyl (C=O) groups is 1. The number of nitrogens with two attached hydrogens (primary N) is 1. The Balaban J connectivity index is 1.40. The quantitative estimate of drug-likeness (QED) is 0.411. The average molecular weight is 401 g/mol. The van der Waals surface area contributed by atoms with Crippen molar-refractivity contribution in [1.29, 1.82) is 0 Å². The molecule has 0 atom stereocenters. The van der Waals surface area contributed by atoms with Crippen LogP contribution in [0.15, 0.2) is 49.1 Å². The second-order valence-corrected chi connectivity index (χ2v) is 6.97. The number of aromatic amines is 1. The van der Waals surface area contributed by atoms with Crippen LogP contribution in [0.3, 0.4) is 0 Å². The highest BCUT2D eigenvalue weighted by molar-refractivity contribution is 6.08. The molecule has 1 amide bonds. The Kier molecular flexibility index (Phi) is 4.16. The number of imidazole rings is 1. The van der Waals surface area contributed by atoms with Crippen LogP contribution >= 0.6 is 0 Å². The second-order valence-electron chi connectivity index (χ2n) is 6.97. The molecule has 4 heterocycles. The second kappa shape index (κ2) is 6.99. The number of nitrogens with one attached hydrogen (secondary N) is 2. The molecule has 5 rings (SSSR count). The number of carbonyl (C=O) groups excluding carboxylic acids is 1. The van der Waals surface area contributed by atoms with E-state index in [2.05, 4.69) is 30.6 Å². The maximum Gasteiger partial charge on any atom is 0.287 e. The zero-order valence-corrected chi connectivity index (χ0v) is 16.2. The maximum atomic E-state index is 12.2. The predicted molar refractivity (Wildman–Crippen MR) is 113 cm³/mol. The summed E-state index contributed by atoms with van der Waals surface area (Å²) in [5.74, 6) is 0.514. The number of hydrogen-bond acceptors (Lipinski definition) is 6. The van der Waals surface area contributed by atoms with Crippen molar-refractivity contribution >= 4 is 33.5 Å². The van der Waals surface area contributed by atoms with Crippen molar-refractivity contribution in [1.82, 2.24) is 39.8 Å². The Labute approximate surface area is 170 Å². The van der Waals surface area contributed by atoms with Crippen molar-refractivity contribution in [2.24, 2.45) is 7.05 Å². The molecule has 150 valence electrons. The van der Waals surface area contributed by atoms with Crippen LogP contribution in [0.2, 0.25) is 0 Å². The summed E-state index contributed by atoms with van der Waals surface area (Å²) < 4.78 is 3.44. The third-order valence-electron chi connectivity index (χ3n) is 5.00. The van der Waals surface area contributed by atoms with Gasteiger partial charge in [-0.15, -0.1) is 0 Å². The summed E-state index contributed by atoms with van der Waals surface area (Å²) >= 11 is 0. The predicted octanol–water partition coefficient (Wildman–Crippen LogP) is 1.72. The van der Waals surface area contributed by atoms with Crippen molar-refractivity contribution in [3.63, 3.8) is 0 Å². The van der Waals surface area contributed by atoms with Gasteiger partial charge in [-0.05, 0) is 12.1 Å². The molecular weight excluding hydrogens is 382 g/mol. The lowest BCUT2D eigenvalue weighted by Gasteiger charge is -2.05. The minimum absolute atomic E-state index is 0.225. The number of pyridine rings is 1. The van der Waals surface area contributed by atoms with Crippen LogP contribution in [0, 0.1) is 0 Å². The van der Waals surface area contributed by atoms with Crippen molar-refractivity contribution in [2.45, 2.75) is 6.54 Å². The molecule has 30 heavy (non-hydrogen) atoms. The summed E-state index contributed by atoms with van der Waals surface area (Å²) in [7, 11) is 1.78. The SMILES string of the molecule is Cn1ccnc1C(=O)NCCn1cc2c(n1)c(N)nc1cc(-c3ccn[nH]3)ccc12. The van der Waals surface area contributed by atoms with Crippen LogP contribution in [-0.2, 0) is 13.6 Å². The third kappa shape index (κ3) is 3.04. The summed E-state index contributed by atoms with van der Waals surface area (Å²) in [6, 6.07) is 7.90. The number of nitrogen functional groups attached to an aromatic ring is 1. The van der Waals surface area contributed by atoms with Gasteiger partial charge in [-0.2, -0.15) is 10.2 Å². The van der Waals surface area contributed by atoms with E-state index in [1.54, 1.807) is 34.9 Å². The Morgan fingerprint density at radius 2 is 2.13 bits per heavy atom. The van der Waals surface area contributed by atoms with E-state index < -0.39 is 0 Å². The molecule has 0 aliphatic rings. The molecular formula is C20H19N9O. The molecule has 0 unspecified atom stereocenters. The van der Waals surface area contributed by atoms with E-state index in [9.17, 15) is 4.79 Å². The Morgan fingerprint density at radius 1 is 1.23 bits per heavy atom. The van der Waals surface area contributed by atoms with E-state index in [0.717, 1.165) is 27.5 Å². The third-order valence-corrected chi connectivity index (χ3v) is 5.00. The molecule has 0 aliphatic carbocycles. The first-order valence-electron chi connectivity index (χ1n) is 9.42. The normalized spacial score (nSPS) is 11.4. The van der Waals surface area contributed by atoms with Gasteiger partial charge in [0, 0.05) is 54.7 Å². The number of H-pyrrole nitrogens is 1. The van der Waals surface area contributed by atoms with Gasteiger partial charge in [-0.25, -0.2) is 9.97 Å². The topological polar surface area (TPSA) is 132 Å². The van der Waals surface area contributed by atoms with E-state index in [0.29, 0.717) is 30.2 Å². The summed E-state index contributed by atoms with van der Waals surface area (Å²) in [6.45, 7) is 0.910. The van der Waals surface area contributed by atoms with E-state index >= 15 is 0 Å². The molecule has 0 bridgehead atoms. The van der Waals surface area contributed by atoms with E-state index in [1.165, 1.54) is 0 Å². The maximum absolute atomic E-state index is 12.2. The first-order valence-corrected chi connectivity index (χ1v) is 9.42. The Hall–Kier alpha value is -4.21. The summed E-state index contributed by atoms with van der Waals surface area (Å²) in [4.78, 5) is 20.8. The molecule has 0 aliphatic heterocycles. The molecule has 0 saturated carbocycles. The molecule has 0 saturated heterocycles. The number of benzene rings is 1. The van der Waals surface area contributed by atoms with Gasteiger partial charge in [0.1, 0.15) is 5.52 Å². The molecule has 10 nitrogen and oxygen atoms in total. The first-order chi connectivity index (χ1) is 14.6. The number of nitrogens with zero attached hydrogens (tertiary/aromatic N) is 6. The monoisotopic (exact) mass is 401 g/mol. The standard InChI is InChI=1S/C20H19N9O/c1-28-8-6-22-19(28)20(30)23-7-9-29-11-14-13-3-2-12(15-4-5-24-26-15)10-16(13)25-18(21)17(14)27-29/h2-6,8,10-11H,7,9H2,1H3,(H2,21,25)(H,23,30)(H,24,26). The number of rotatable bonds is 5. The van der Waals surface area contributed by atoms with Crippen LogP contribution in [-0.4, -0.2) is 47.0 Å². The fourth-order valence-corrected chi connectivity index (χ4v) is 3.49. The van der Waals surface area contributed by atoms with Crippen LogP contribution in [0.5, 0.6) is 0 Å². The fraction of sp³-hybridized carbons (Fsp3) is 0.150. The summed E-state index contributed by atoms with van der Waals surface area (Å²) in [6.07, 6.45) is 6.96.